The molecule has 0 aliphatic carbocycles. The lowest BCUT2D eigenvalue weighted by atomic mass is 9.92. The van der Waals surface area contributed by atoms with E-state index >= 15 is 0 Å². The Hall–Kier alpha value is -2.44. The number of aliphatic imine (C=N–C) groups is 1. The molecule has 0 spiro atoms. The molecule has 1 N–H and O–H groups in total. The molecular weight excluding hydrogens is 304 g/mol. The molecule has 128 valence electrons. The Kier molecular flexibility index (Phi) is 4.78. The van der Waals surface area contributed by atoms with Gasteiger partial charge in [0.15, 0.2) is 0 Å². The maximum Gasteiger partial charge on any atom is 0.228 e. The average molecular weight is 328 g/mol. The Morgan fingerprint density at radius 1 is 1.54 bits per heavy atom. The molecule has 3 rings (SSSR count). The topological polar surface area (TPSA) is 77.5 Å². The van der Waals surface area contributed by atoms with Crippen molar-refractivity contribution in [2.75, 3.05) is 32.1 Å². The Bertz CT molecular complexity index is 740. The first-order chi connectivity index (χ1) is 11.6. The Labute approximate surface area is 141 Å². The fourth-order valence-electron chi connectivity index (χ4n) is 3.37. The van der Waals surface area contributed by atoms with Gasteiger partial charge in [0, 0.05) is 39.6 Å². The first kappa shape index (κ1) is 16.4. The number of aromatic nitrogens is 3. The number of piperidine rings is 1. The normalized spacial score (nSPS) is 21.5. The van der Waals surface area contributed by atoms with Crippen molar-refractivity contribution in [1.82, 2.24) is 19.9 Å². The smallest absolute Gasteiger partial charge is 0.228 e. The quantitative estimate of drug-likeness (QED) is 0.867. The number of aromatic amines is 1. The van der Waals surface area contributed by atoms with E-state index in [-0.39, 0.29) is 11.9 Å². The van der Waals surface area contributed by atoms with Gasteiger partial charge in [-0.1, -0.05) is 6.92 Å². The molecule has 3 heterocycles. The molecule has 1 aliphatic heterocycles. The summed E-state index contributed by atoms with van der Waals surface area (Å²) in [6.45, 7) is 3.77. The van der Waals surface area contributed by atoms with Crippen LogP contribution in [-0.4, -0.2) is 65.2 Å². The molecule has 2 atom stereocenters. The molecule has 0 saturated carbocycles. The van der Waals surface area contributed by atoms with E-state index in [1.807, 2.05) is 17.2 Å². The molecule has 2 aromatic heterocycles. The molecule has 0 bridgehead atoms. The zero-order valence-electron chi connectivity index (χ0n) is 14.4. The summed E-state index contributed by atoms with van der Waals surface area (Å²) < 4.78 is 0. The van der Waals surface area contributed by atoms with Crippen LogP contribution < -0.4 is 4.90 Å². The third kappa shape index (κ3) is 3.11. The molecule has 1 amide bonds. The summed E-state index contributed by atoms with van der Waals surface area (Å²) in [6.07, 6.45) is 6.49. The molecule has 24 heavy (non-hydrogen) atoms. The van der Waals surface area contributed by atoms with Crippen LogP contribution in [0, 0.1) is 5.92 Å². The van der Waals surface area contributed by atoms with E-state index < -0.39 is 0 Å². The Balaban J connectivity index is 1.81. The van der Waals surface area contributed by atoms with Crippen molar-refractivity contribution in [3.8, 4) is 0 Å². The molecule has 1 aliphatic rings. The summed E-state index contributed by atoms with van der Waals surface area (Å²) in [4.78, 5) is 32.2. The van der Waals surface area contributed by atoms with Crippen LogP contribution in [0.2, 0.25) is 0 Å². The summed E-state index contributed by atoms with van der Waals surface area (Å²) in [5, 5.41) is 1.01. The molecular formula is C17H24N6O. The van der Waals surface area contributed by atoms with Crippen molar-refractivity contribution in [1.29, 1.82) is 0 Å². The highest BCUT2D eigenvalue weighted by molar-refractivity contribution is 5.90. The van der Waals surface area contributed by atoms with Crippen molar-refractivity contribution in [3.63, 3.8) is 0 Å². The number of rotatable bonds is 4. The number of likely N-dealkylation sites (N-methyl/N-ethyl adjacent to an activating group) is 1. The van der Waals surface area contributed by atoms with Crippen molar-refractivity contribution in [2.24, 2.45) is 10.9 Å². The fraction of sp³-hybridized carbons (Fsp3) is 0.529. The largest absolute Gasteiger partial charge is 0.354 e. The molecule has 0 aromatic carbocycles. The third-order valence-electron chi connectivity index (χ3n) is 4.88. The lowest BCUT2D eigenvalue weighted by molar-refractivity contribution is -0.131. The average Bonchev–Trinajstić information content (AvgIpc) is 3.08. The van der Waals surface area contributed by atoms with E-state index in [9.17, 15) is 4.79 Å². The van der Waals surface area contributed by atoms with Gasteiger partial charge in [-0.05, 0) is 18.4 Å². The minimum absolute atomic E-state index is 0.139. The standard InChI is InChI=1S/C17H24N6O/c1-12-6-9-23(15(24)5-7-18-2)10-14(12)22(3)17-13-4-8-19-16(13)20-11-21-17/h4,7-8,11-12,14H,5-6,9-10H2,1-3H3,(H,19,20,21)/b18-7-/t12-,14+/m1/s1. The Morgan fingerprint density at radius 3 is 3.17 bits per heavy atom. The number of H-pyrrole nitrogens is 1. The second-order valence-corrected chi connectivity index (χ2v) is 6.37. The maximum absolute atomic E-state index is 12.3. The number of likely N-dealkylation sites (tertiary alicyclic amines) is 1. The number of anilines is 1. The predicted molar refractivity (Wildman–Crippen MR) is 95.5 cm³/mol. The summed E-state index contributed by atoms with van der Waals surface area (Å²) in [5.41, 5.74) is 0.836. The SMILES string of the molecule is C/N=C\CC(=O)N1CC[C@@H](C)[C@@H](N(C)c2ncnc3[nH]ccc23)C1. The van der Waals surface area contributed by atoms with Crippen LogP contribution in [0.4, 0.5) is 5.82 Å². The number of carbonyl (C=O) groups is 1. The molecule has 1 fully saturated rings. The Morgan fingerprint density at radius 2 is 2.38 bits per heavy atom. The number of fused-ring (bicyclic) bond motifs is 1. The number of nitrogens with one attached hydrogen (secondary N) is 1. The highest BCUT2D eigenvalue weighted by Crippen LogP contribution is 2.28. The van der Waals surface area contributed by atoms with Gasteiger partial charge in [-0.3, -0.25) is 4.79 Å². The van der Waals surface area contributed by atoms with Crippen LogP contribution in [-0.2, 0) is 4.79 Å². The van der Waals surface area contributed by atoms with Crippen LogP contribution in [0.1, 0.15) is 19.8 Å². The van der Waals surface area contributed by atoms with E-state index in [1.54, 1.807) is 19.6 Å². The number of amides is 1. The van der Waals surface area contributed by atoms with Crippen molar-refractivity contribution >= 4 is 29.0 Å². The van der Waals surface area contributed by atoms with Gasteiger partial charge in [0.25, 0.3) is 0 Å². The van der Waals surface area contributed by atoms with Gasteiger partial charge in [-0.15, -0.1) is 0 Å². The highest BCUT2D eigenvalue weighted by Gasteiger charge is 2.32. The molecule has 1 saturated heterocycles. The second-order valence-electron chi connectivity index (χ2n) is 6.37. The number of carbonyl (C=O) groups excluding carboxylic acids is 1. The van der Waals surface area contributed by atoms with Crippen molar-refractivity contribution < 1.29 is 4.79 Å². The summed E-state index contributed by atoms with van der Waals surface area (Å²) in [6, 6.07) is 2.23. The van der Waals surface area contributed by atoms with E-state index in [4.69, 9.17) is 0 Å². The van der Waals surface area contributed by atoms with Gasteiger partial charge in [-0.2, -0.15) is 0 Å². The number of hydrogen-bond donors (Lipinski definition) is 1. The van der Waals surface area contributed by atoms with Gasteiger partial charge >= 0.3 is 0 Å². The first-order valence-electron chi connectivity index (χ1n) is 8.31. The van der Waals surface area contributed by atoms with E-state index in [0.29, 0.717) is 18.9 Å². The maximum atomic E-state index is 12.3. The van der Waals surface area contributed by atoms with Crippen LogP contribution in [0.5, 0.6) is 0 Å². The molecule has 7 heteroatoms. The summed E-state index contributed by atoms with van der Waals surface area (Å²) >= 11 is 0. The summed E-state index contributed by atoms with van der Waals surface area (Å²) in [5.74, 6) is 1.53. The third-order valence-corrected chi connectivity index (χ3v) is 4.88. The number of nitrogens with zero attached hydrogens (tertiary/aromatic N) is 5. The van der Waals surface area contributed by atoms with E-state index in [1.165, 1.54) is 0 Å². The van der Waals surface area contributed by atoms with Gasteiger partial charge < -0.3 is 19.8 Å². The molecule has 0 unspecified atom stereocenters. The van der Waals surface area contributed by atoms with Gasteiger partial charge in [-0.25, -0.2) is 9.97 Å². The highest BCUT2D eigenvalue weighted by atomic mass is 16.2. The number of hydrogen-bond acceptors (Lipinski definition) is 5. The minimum atomic E-state index is 0.139. The second kappa shape index (κ2) is 6.98. The van der Waals surface area contributed by atoms with Crippen molar-refractivity contribution in [2.45, 2.75) is 25.8 Å². The first-order valence-corrected chi connectivity index (χ1v) is 8.31. The minimum Gasteiger partial charge on any atom is -0.354 e. The molecule has 2 aromatic rings. The molecule has 0 radical (unpaired) electrons. The predicted octanol–water partition coefficient (Wildman–Crippen LogP) is 1.72. The monoisotopic (exact) mass is 328 g/mol. The van der Waals surface area contributed by atoms with Crippen molar-refractivity contribution in [3.05, 3.63) is 18.6 Å². The van der Waals surface area contributed by atoms with Gasteiger partial charge in [0.05, 0.1) is 17.8 Å². The lowest BCUT2D eigenvalue weighted by Gasteiger charge is -2.42. The van der Waals surface area contributed by atoms with Crippen LogP contribution in [0.25, 0.3) is 11.0 Å². The van der Waals surface area contributed by atoms with E-state index in [0.717, 1.165) is 29.8 Å². The van der Waals surface area contributed by atoms with Crippen LogP contribution >= 0.6 is 0 Å². The van der Waals surface area contributed by atoms with Gasteiger partial charge in [0.2, 0.25) is 5.91 Å². The fourth-order valence-corrected chi connectivity index (χ4v) is 3.37. The zero-order chi connectivity index (χ0) is 17.1. The van der Waals surface area contributed by atoms with Crippen LogP contribution in [0.3, 0.4) is 0 Å². The lowest BCUT2D eigenvalue weighted by Crippen LogP contribution is -2.52. The van der Waals surface area contributed by atoms with Crippen LogP contribution in [0.15, 0.2) is 23.6 Å². The van der Waals surface area contributed by atoms with Gasteiger partial charge in [0.1, 0.15) is 17.8 Å². The molecule has 7 nitrogen and oxygen atoms in total. The zero-order valence-corrected chi connectivity index (χ0v) is 14.4. The van der Waals surface area contributed by atoms with E-state index in [2.05, 4.69) is 38.8 Å². The summed E-state index contributed by atoms with van der Waals surface area (Å²) in [7, 11) is 3.75.